The quantitative estimate of drug-likeness (QED) is 0.258. The third-order valence-electron chi connectivity index (χ3n) is 4.78. The minimum atomic E-state index is 0. The fourth-order valence-electron chi connectivity index (χ4n) is 3.43. The van der Waals surface area contributed by atoms with Crippen LogP contribution in [0, 0.1) is 6.92 Å². The number of aryl methyl sites for hydroxylation is 1. The molecule has 156 valence electrons. The normalized spacial score (nSPS) is 11.6. The summed E-state index contributed by atoms with van der Waals surface area (Å²) >= 11 is 0. The molecule has 1 heterocycles. The first-order chi connectivity index (χ1) is 13.5. The van der Waals surface area contributed by atoms with Crippen molar-refractivity contribution >= 4 is 40.8 Å². The number of rotatable bonds is 7. The first-order valence-corrected chi connectivity index (χ1v) is 9.79. The molecule has 29 heavy (non-hydrogen) atoms. The van der Waals surface area contributed by atoms with Crippen LogP contribution in [-0.2, 0) is 19.5 Å². The number of fused-ring (bicyclic) bond motifs is 1. The van der Waals surface area contributed by atoms with Crippen molar-refractivity contribution in [2.45, 2.75) is 26.4 Å². The monoisotopic (exact) mass is 505 g/mol. The topological polar surface area (TPSA) is 55.5 Å². The highest BCUT2D eigenvalue weighted by atomic mass is 127. The number of guanidine groups is 1. The Bertz CT molecular complexity index is 945. The maximum atomic E-state index is 4.35. The van der Waals surface area contributed by atoms with Crippen LogP contribution in [0.2, 0.25) is 0 Å². The molecule has 1 aromatic heterocycles. The average Bonchev–Trinajstić information content (AvgIpc) is 3.06. The Hall–Kier alpha value is -2.06. The van der Waals surface area contributed by atoms with Crippen molar-refractivity contribution in [3.63, 3.8) is 0 Å². The maximum absolute atomic E-state index is 4.35. The van der Waals surface area contributed by atoms with E-state index in [1.165, 1.54) is 33.2 Å². The zero-order valence-electron chi connectivity index (χ0n) is 17.7. The Kier molecular flexibility index (Phi) is 8.98. The molecule has 2 aromatic carbocycles. The van der Waals surface area contributed by atoms with Crippen molar-refractivity contribution in [3.05, 3.63) is 70.9 Å². The predicted octanol–water partition coefficient (Wildman–Crippen LogP) is 4.06. The molecule has 0 saturated heterocycles. The average molecular weight is 505 g/mol. The molecule has 0 radical (unpaired) electrons. The van der Waals surface area contributed by atoms with E-state index in [1.807, 2.05) is 7.05 Å². The summed E-state index contributed by atoms with van der Waals surface area (Å²) in [4.78, 5) is 9.89. The summed E-state index contributed by atoms with van der Waals surface area (Å²) in [5, 5.41) is 8.13. The van der Waals surface area contributed by atoms with E-state index in [0.29, 0.717) is 0 Å². The van der Waals surface area contributed by atoms with Crippen LogP contribution in [0.3, 0.4) is 0 Å². The van der Waals surface area contributed by atoms with Gasteiger partial charge in [0.25, 0.3) is 0 Å². The smallest absolute Gasteiger partial charge is 0.191 e. The van der Waals surface area contributed by atoms with Crippen molar-refractivity contribution in [1.29, 1.82) is 0 Å². The zero-order valence-corrected chi connectivity index (χ0v) is 20.1. The van der Waals surface area contributed by atoms with Gasteiger partial charge >= 0.3 is 0 Å². The molecule has 6 heteroatoms. The number of hydrogen-bond donors (Lipinski definition) is 3. The van der Waals surface area contributed by atoms with E-state index in [9.17, 15) is 0 Å². The number of aromatic nitrogens is 1. The van der Waals surface area contributed by atoms with Gasteiger partial charge in [-0.1, -0.05) is 36.4 Å². The van der Waals surface area contributed by atoms with Gasteiger partial charge in [-0.2, -0.15) is 0 Å². The summed E-state index contributed by atoms with van der Waals surface area (Å²) in [5.41, 5.74) is 6.39. The van der Waals surface area contributed by atoms with Gasteiger partial charge in [-0.05, 0) is 55.8 Å². The van der Waals surface area contributed by atoms with Gasteiger partial charge < -0.3 is 20.5 Å². The highest BCUT2D eigenvalue weighted by Crippen LogP contribution is 2.19. The lowest BCUT2D eigenvalue weighted by molar-refractivity contribution is 0.402. The van der Waals surface area contributed by atoms with E-state index < -0.39 is 0 Å². The van der Waals surface area contributed by atoms with Crippen LogP contribution in [0.5, 0.6) is 0 Å². The molecule has 0 atom stereocenters. The second kappa shape index (κ2) is 11.2. The van der Waals surface area contributed by atoms with Crippen molar-refractivity contribution in [2.24, 2.45) is 4.99 Å². The highest BCUT2D eigenvalue weighted by Gasteiger charge is 2.05. The van der Waals surface area contributed by atoms with Crippen LogP contribution in [0.25, 0.3) is 10.9 Å². The molecule has 0 aliphatic rings. The number of halogens is 1. The van der Waals surface area contributed by atoms with E-state index in [2.05, 4.69) is 95.2 Å². The molecular weight excluding hydrogens is 473 g/mol. The lowest BCUT2D eigenvalue weighted by Gasteiger charge is -2.13. The van der Waals surface area contributed by atoms with E-state index in [4.69, 9.17) is 0 Å². The predicted molar refractivity (Wildman–Crippen MR) is 134 cm³/mol. The van der Waals surface area contributed by atoms with Gasteiger partial charge in [0.2, 0.25) is 0 Å². The van der Waals surface area contributed by atoms with Crippen molar-refractivity contribution < 1.29 is 0 Å². The summed E-state index contributed by atoms with van der Waals surface area (Å²) in [6.45, 7) is 4.66. The molecule has 0 unspecified atom stereocenters. The number of nitrogens with one attached hydrogen (secondary N) is 3. The fraction of sp³-hybridized carbons (Fsp3) is 0.348. The molecular formula is C23H32IN5. The van der Waals surface area contributed by atoms with Gasteiger partial charge in [-0.25, -0.2) is 0 Å². The van der Waals surface area contributed by atoms with E-state index in [0.717, 1.165) is 32.0 Å². The lowest BCUT2D eigenvalue weighted by Crippen LogP contribution is -2.37. The standard InChI is InChI=1S/C23H31N5.HI/c1-17-8-9-21-20(15-26-22(21)12-17)10-11-25-23(24-2)27-14-18-6-5-7-19(13-18)16-28(3)4;/h5-9,12-13,15,26H,10-11,14,16H2,1-4H3,(H2,24,25,27);1H. The van der Waals surface area contributed by atoms with Crippen LogP contribution in [-0.4, -0.2) is 43.5 Å². The van der Waals surface area contributed by atoms with Gasteiger partial charge in [0.15, 0.2) is 5.96 Å². The molecule has 0 amide bonds. The largest absolute Gasteiger partial charge is 0.361 e. The van der Waals surface area contributed by atoms with Gasteiger partial charge in [-0.15, -0.1) is 24.0 Å². The number of nitrogens with zero attached hydrogens (tertiary/aromatic N) is 2. The molecule has 3 N–H and O–H groups in total. The van der Waals surface area contributed by atoms with Crippen LogP contribution < -0.4 is 10.6 Å². The molecule has 3 aromatic rings. The van der Waals surface area contributed by atoms with E-state index >= 15 is 0 Å². The Morgan fingerprint density at radius 2 is 1.86 bits per heavy atom. The Balaban J connectivity index is 0.00000300. The molecule has 0 aliphatic heterocycles. The highest BCUT2D eigenvalue weighted by molar-refractivity contribution is 14.0. The molecule has 0 bridgehead atoms. The van der Waals surface area contributed by atoms with E-state index in [1.54, 1.807) is 0 Å². The SMILES string of the molecule is CN=C(NCCc1c[nH]c2cc(C)ccc12)NCc1cccc(CN(C)C)c1.I. The first-order valence-electron chi connectivity index (χ1n) is 9.79. The minimum absolute atomic E-state index is 0. The van der Waals surface area contributed by atoms with Gasteiger partial charge in [0.05, 0.1) is 0 Å². The number of aromatic amines is 1. The summed E-state index contributed by atoms with van der Waals surface area (Å²) in [7, 11) is 5.99. The molecule has 0 aliphatic carbocycles. The Morgan fingerprint density at radius 1 is 1.07 bits per heavy atom. The number of hydrogen-bond acceptors (Lipinski definition) is 2. The maximum Gasteiger partial charge on any atom is 0.191 e. The lowest BCUT2D eigenvalue weighted by atomic mass is 10.1. The van der Waals surface area contributed by atoms with Crippen LogP contribution in [0.15, 0.2) is 53.7 Å². The molecule has 5 nitrogen and oxygen atoms in total. The number of aliphatic imine (C=N–C) groups is 1. The third kappa shape index (κ3) is 6.75. The second-order valence-electron chi connectivity index (χ2n) is 7.52. The van der Waals surface area contributed by atoms with Crippen molar-refractivity contribution in [1.82, 2.24) is 20.5 Å². The van der Waals surface area contributed by atoms with Crippen LogP contribution >= 0.6 is 24.0 Å². The van der Waals surface area contributed by atoms with Crippen LogP contribution in [0.4, 0.5) is 0 Å². The molecule has 3 rings (SSSR count). The molecule has 0 saturated carbocycles. The van der Waals surface area contributed by atoms with Gasteiger partial charge in [-0.3, -0.25) is 4.99 Å². The Morgan fingerprint density at radius 3 is 2.62 bits per heavy atom. The van der Waals surface area contributed by atoms with Gasteiger partial charge in [0.1, 0.15) is 0 Å². The number of benzene rings is 2. The van der Waals surface area contributed by atoms with E-state index in [-0.39, 0.29) is 24.0 Å². The van der Waals surface area contributed by atoms with Crippen molar-refractivity contribution in [2.75, 3.05) is 27.7 Å². The number of H-pyrrole nitrogens is 1. The fourth-order valence-corrected chi connectivity index (χ4v) is 3.43. The Labute approximate surface area is 191 Å². The van der Waals surface area contributed by atoms with Crippen LogP contribution in [0.1, 0.15) is 22.3 Å². The molecule has 0 fully saturated rings. The van der Waals surface area contributed by atoms with Gasteiger partial charge in [0, 0.05) is 43.8 Å². The summed E-state index contributed by atoms with van der Waals surface area (Å²) in [6, 6.07) is 15.2. The minimum Gasteiger partial charge on any atom is -0.361 e. The third-order valence-corrected chi connectivity index (χ3v) is 4.78. The summed E-state index contributed by atoms with van der Waals surface area (Å²) in [6.07, 6.45) is 3.06. The second-order valence-corrected chi connectivity index (χ2v) is 7.52. The molecule has 0 spiro atoms. The zero-order chi connectivity index (χ0) is 19.9. The van der Waals surface area contributed by atoms with Crippen molar-refractivity contribution in [3.8, 4) is 0 Å². The first kappa shape index (κ1) is 23.2. The summed E-state index contributed by atoms with van der Waals surface area (Å²) in [5.74, 6) is 0.827. The summed E-state index contributed by atoms with van der Waals surface area (Å²) < 4.78 is 0.